The fourth-order valence-corrected chi connectivity index (χ4v) is 2.38. The number of hydrogen-bond acceptors (Lipinski definition) is 5. The average molecular weight is 313 g/mol. The van der Waals surface area contributed by atoms with Gasteiger partial charge in [-0.1, -0.05) is 33.1 Å². The molecular weight excluding hydrogens is 286 g/mol. The Bertz CT molecular complexity index is 325. The van der Waals surface area contributed by atoms with Crippen molar-refractivity contribution >= 4 is 21.4 Å². The monoisotopic (exact) mass is 313 g/mol. The summed E-state index contributed by atoms with van der Waals surface area (Å²) in [6, 6.07) is 0. The summed E-state index contributed by atoms with van der Waals surface area (Å²) in [5.74, 6) is 1.05. The summed E-state index contributed by atoms with van der Waals surface area (Å²) in [6.45, 7) is 6.28. The Balaban J connectivity index is 0. The second-order valence-electron chi connectivity index (χ2n) is 4.67. The van der Waals surface area contributed by atoms with E-state index in [0.717, 1.165) is 25.4 Å². The van der Waals surface area contributed by atoms with Crippen LogP contribution in [0.4, 0.5) is 0 Å². The van der Waals surface area contributed by atoms with Crippen molar-refractivity contribution in [2.24, 2.45) is 5.92 Å². The summed E-state index contributed by atoms with van der Waals surface area (Å²) in [5.41, 5.74) is 0. The maximum atomic E-state index is 10.9. The smallest absolute Gasteiger partial charge is 0.316 e. The minimum Gasteiger partial charge on any atom is -0.316 e. The van der Waals surface area contributed by atoms with Crippen LogP contribution in [0.5, 0.6) is 0 Å². The number of nitrogens with one attached hydrogen (secondary N) is 1. The fraction of sp³-hybridized carbons (Fsp3) is 1.00. The molecule has 0 aliphatic heterocycles. The van der Waals surface area contributed by atoms with E-state index in [0.29, 0.717) is 5.75 Å². The minimum absolute atomic E-state index is 0.297. The second kappa shape index (κ2) is 14.1. The van der Waals surface area contributed by atoms with Crippen molar-refractivity contribution in [1.82, 2.24) is 5.32 Å². The standard InChI is InChI=1S/C12H27NO2S.O2S/c1-4-6-8-12(5-2)11-13-9-7-10-16(3,14)15;1-3-2/h12-13H,4-11H2,1-3H3;. The predicted octanol–water partition coefficient (Wildman–Crippen LogP) is 1.56. The molecule has 0 saturated heterocycles. The molecule has 1 unspecified atom stereocenters. The summed E-state index contributed by atoms with van der Waals surface area (Å²) in [5, 5.41) is 3.35. The Kier molecular flexibility index (Phi) is 15.7. The minimum atomic E-state index is -2.78. The summed E-state index contributed by atoms with van der Waals surface area (Å²) in [4.78, 5) is 0. The highest BCUT2D eigenvalue weighted by molar-refractivity contribution is 7.90. The molecular formula is C12H27NO4S2. The Hall–Kier alpha value is -0.270. The van der Waals surface area contributed by atoms with Gasteiger partial charge in [-0.3, -0.25) is 0 Å². The topological polar surface area (TPSA) is 80.3 Å². The van der Waals surface area contributed by atoms with Crippen molar-refractivity contribution in [2.75, 3.05) is 25.1 Å². The summed E-state index contributed by atoms with van der Waals surface area (Å²) >= 11 is -0.750. The lowest BCUT2D eigenvalue weighted by molar-refractivity contribution is 0.420. The Labute approximate surface area is 121 Å². The first-order valence-electron chi connectivity index (χ1n) is 6.71. The first-order chi connectivity index (χ1) is 8.91. The Morgan fingerprint density at radius 3 is 2.16 bits per heavy atom. The van der Waals surface area contributed by atoms with Crippen molar-refractivity contribution in [3.63, 3.8) is 0 Å². The van der Waals surface area contributed by atoms with Crippen molar-refractivity contribution in [3.8, 4) is 0 Å². The van der Waals surface area contributed by atoms with E-state index >= 15 is 0 Å². The number of sulfone groups is 1. The van der Waals surface area contributed by atoms with E-state index < -0.39 is 21.4 Å². The van der Waals surface area contributed by atoms with Gasteiger partial charge < -0.3 is 5.32 Å². The molecule has 0 bridgehead atoms. The van der Waals surface area contributed by atoms with Crippen LogP contribution in [0.15, 0.2) is 0 Å². The van der Waals surface area contributed by atoms with Crippen LogP contribution < -0.4 is 5.32 Å². The van der Waals surface area contributed by atoms with E-state index in [-0.39, 0.29) is 0 Å². The summed E-state index contributed by atoms with van der Waals surface area (Å²) < 4.78 is 38.4. The molecule has 0 amide bonds. The maximum absolute atomic E-state index is 10.9. The molecule has 0 aromatic rings. The van der Waals surface area contributed by atoms with Gasteiger partial charge in [-0.15, -0.1) is 0 Å². The van der Waals surface area contributed by atoms with Crippen LogP contribution in [0.1, 0.15) is 46.0 Å². The van der Waals surface area contributed by atoms with Crippen LogP contribution in [0.25, 0.3) is 0 Å². The lowest BCUT2D eigenvalue weighted by atomic mass is 9.99. The van der Waals surface area contributed by atoms with Gasteiger partial charge in [0.05, 0.1) is 5.75 Å². The van der Waals surface area contributed by atoms with E-state index in [1.807, 2.05) is 0 Å². The van der Waals surface area contributed by atoms with Gasteiger partial charge in [-0.2, -0.15) is 8.42 Å². The zero-order chi connectivity index (χ0) is 15.1. The van der Waals surface area contributed by atoms with Crippen LogP contribution in [-0.4, -0.2) is 41.9 Å². The molecule has 0 heterocycles. The third-order valence-corrected chi connectivity index (χ3v) is 3.88. The molecule has 0 spiro atoms. The first-order valence-corrected chi connectivity index (χ1v) is 9.44. The Morgan fingerprint density at radius 1 is 1.16 bits per heavy atom. The lowest BCUT2D eigenvalue weighted by Gasteiger charge is -2.15. The third kappa shape index (κ3) is 20.2. The molecule has 0 aliphatic rings. The van der Waals surface area contributed by atoms with Crippen LogP contribution in [0.3, 0.4) is 0 Å². The molecule has 0 fully saturated rings. The maximum Gasteiger partial charge on any atom is 0.335 e. The van der Waals surface area contributed by atoms with Gasteiger partial charge in [0.25, 0.3) is 0 Å². The summed E-state index contributed by atoms with van der Waals surface area (Å²) in [7, 11) is -2.78. The molecule has 0 saturated carbocycles. The van der Waals surface area contributed by atoms with E-state index in [9.17, 15) is 8.42 Å². The van der Waals surface area contributed by atoms with E-state index in [2.05, 4.69) is 19.2 Å². The number of hydrogen-bond donors (Lipinski definition) is 1. The molecule has 1 atom stereocenters. The van der Waals surface area contributed by atoms with E-state index in [1.165, 1.54) is 31.9 Å². The van der Waals surface area contributed by atoms with Gasteiger partial charge in [0.15, 0.2) is 0 Å². The van der Waals surface area contributed by atoms with E-state index in [1.54, 1.807) is 0 Å². The average Bonchev–Trinajstić information content (AvgIpc) is 2.32. The van der Waals surface area contributed by atoms with Gasteiger partial charge in [-0.25, -0.2) is 8.42 Å². The van der Waals surface area contributed by atoms with Crippen LogP contribution in [0, 0.1) is 5.92 Å². The van der Waals surface area contributed by atoms with Crippen molar-refractivity contribution in [2.45, 2.75) is 46.0 Å². The molecule has 0 rings (SSSR count). The van der Waals surface area contributed by atoms with Crippen molar-refractivity contribution in [3.05, 3.63) is 0 Å². The largest absolute Gasteiger partial charge is 0.335 e. The molecule has 19 heavy (non-hydrogen) atoms. The quantitative estimate of drug-likeness (QED) is 0.619. The zero-order valence-electron chi connectivity index (χ0n) is 12.2. The highest BCUT2D eigenvalue weighted by Crippen LogP contribution is 2.10. The SMILES string of the molecule is CCCCC(CC)CNCCCS(C)(=O)=O.O=S=O. The van der Waals surface area contributed by atoms with Crippen molar-refractivity contribution < 1.29 is 16.8 Å². The normalized spacial score (nSPS) is 12.4. The fourth-order valence-electron chi connectivity index (χ4n) is 1.71. The predicted molar refractivity (Wildman–Crippen MR) is 79.4 cm³/mol. The van der Waals surface area contributed by atoms with E-state index in [4.69, 9.17) is 8.42 Å². The second-order valence-corrected chi connectivity index (χ2v) is 7.07. The van der Waals surface area contributed by atoms with Crippen LogP contribution in [0.2, 0.25) is 0 Å². The van der Waals surface area contributed by atoms with Gasteiger partial charge in [-0.05, 0) is 31.8 Å². The number of unbranched alkanes of at least 4 members (excludes halogenated alkanes) is 1. The highest BCUT2D eigenvalue weighted by atomic mass is 32.2. The molecule has 7 heteroatoms. The molecule has 116 valence electrons. The Morgan fingerprint density at radius 2 is 1.74 bits per heavy atom. The van der Waals surface area contributed by atoms with Crippen LogP contribution >= 0.6 is 0 Å². The van der Waals surface area contributed by atoms with Crippen molar-refractivity contribution in [1.29, 1.82) is 0 Å². The molecule has 0 aliphatic carbocycles. The third-order valence-electron chi connectivity index (χ3n) is 2.84. The summed E-state index contributed by atoms with van der Waals surface area (Å²) in [6.07, 6.45) is 7.06. The molecule has 0 aromatic carbocycles. The van der Waals surface area contributed by atoms with Gasteiger partial charge in [0.2, 0.25) is 0 Å². The molecule has 0 radical (unpaired) electrons. The van der Waals surface area contributed by atoms with Gasteiger partial charge in [0, 0.05) is 6.26 Å². The zero-order valence-corrected chi connectivity index (χ0v) is 13.8. The molecule has 1 N–H and O–H groups in total. The van der Waals surface area contributed by atoms with Crippen LogP contribution in [-0.2, 0) is 21.4 Å². The lowest BCUT2D eigenvalue weighted by Crippen LogP contribution is -2.25. The number of rotatable bonds is 10. The highest BCUT2D eigenvalue weighted by Gasteiger charge is 2.05. The van der Waals surface area contributed by atoms with Gasteiger partial charge >= 0.3 is 11.6 Å². The first kappa shape index (κ1) is 21.0. The molecule has 0 aromatic heterocycles. The van der Waals surface area contributed by atoms with Gasteiger partial charge in [0.1, 0.15) is 9.84 Å². The molecule has 5 nitrogen and oxygen atoms in total.